The van der Waals surface area contributed by atoms with Crippen molar-refractivity contribution in [2.75, 3.05) is 25.8 Å². The van der Waals surface area contributed by atoms with Crippen molar-refractivity contribution in [1.29, 1.82) is 0 Å². The highest BCUT2D eigenvalue weighted by molar-refractivity contribution is 6.17. The number of alkyl halides is 1. The number of carbonyl (C=O) groups is 2. The average Bonchev–Trinajstić information content (AvgIpc) is 2.35. The van der Waals surface area contributed by atoms with E-state index in [9.17, 15) is 9.59 Å². The van der Waals surface area contributed by atoms with Crippen LogP contribution in [0.4, 0.5) is 9.59 Å². The molecular formula is C13H22ClNO5. The molecule has 1 heterocycles. The number of rotatable bonds is 3. The van der Waals surface area contributed by atoms with Gasteiger partial charge in [-0.2, -0.15) is 0 Å². The lowest BCUT2D eigenvalue weighted by Crippen LogP contribution is -2.42. The molecule has 1 rings (SSSR count). The Labute approximate surface area is 124 Å². The molecule has 0 aromatic rings. The summed E-state index contributed by atoms with van der Waals surface area (Å²) >= 11 is 5.24. The first-order valence-electron chi connectivity index (χ1n) is 6.65. The highest BCUT2D eigenvalue weighted by Gasteiger charge is 2.27. The van der Waals surface area contributed by atoms with Gasteiger partial charge in [0, 0.05) is 13.1 Å². The highest BCUT2D eigenvalue weighted by Crippen LogP contribution is 2.20. The highest BCUT2D eigenvalue weighted by atomic mass is 35.5. The topological polar surface area (TPSA) is 65.1 Å². The fourth-order valence-corrected chi connectivity index (χ4v) is 1.97. The largest absolute Gasteiger partial charge is 0.509 e. The van der Waals surface area contributed by atoms with Crippen molar-refractivity contribution in [1.82, 2.24) is 4.90 Å². The molecule has 0 N–H and O–H groups in total. The van der Waals surface area contributed by atoms with E-state index >= 15 is 0 Å². The maximum atomic E-state index is 11.9. The lowest BCUT2D eigenvalue weighted by Gasteiger charge is -2.33. The average molecular weight is 308 g/mol. The number of amides is 1. The molecule has 6 nitrogen and oxygen atoms in total. The second-order valence-corrected chi connectivity index (χ2v) is 5.94. The third-order valence-electron chi connectivity index (χ3n) is 2.88. The number of hydrogen-bond acceptors (Lipinski definition) is 5. The smallest absolute Gasteiger partial charge is 0.444 e. The molecule has 0 aromatic heterocycles. The molecule has 0 atom stereocenters. The molecule has 0 aromatic carbocycles. The van der Waals surface area contributed by atoms with Crippen LogP contribution in [0.5, 0.6) is 0 Å². The van der Waals surface area contributed by atoms with Crippen molar-refractivity contribution in [2.24, 2.45) is 5.92 Å². The monoisotopic (exact) mass is 307 g/mol. The van der Waals surface area contributed by atoms with Crippen LogP contribution in [0.3, 0.4) is 0 Å². The number of likely N-dealkylation sites (tertiary alicyclic amines) is 1. The Kier molecular flexibility index (Phi) is 6.39. The maximum Gasteiger partial charge on any atom is 0.509 e. The standard InChI is InChI=1S/C13H22ClNO5/c1-13(2,3)20-11(16)15-6-4-10(5-7-15)8-18-12(17)19-9-14/h10H,4-9H2,1-3H3. The van der Waals surface area contributed by atoms with Gasteiger partial charge >= 0.3 is 12.2 Å². The molecule has 0 aliphatic carbocycles. The van der Waals surface area contributed by atoms with Gasteiger partial charge in [-0.3, -0.25) is 0 Å². The summed E-state index contributed by atoms with van der Waals surface area (Å²) in [5.41, 5.74) is -0.484. The molecule has 1 saturated heterocycles. The predicted octanol–water partition coefficient (Wildman–Crippen LogP) is 2.98. The number of piperidine rings is 1. The van der Waals surface area contributed by atoms with Crippen molar-refractivity contribution in [3.05, 3.63) is 0 Å². The van der Waals surface area contributed by atoms with E-state index in [1.165, 1.54) is 0 Å². The van der Waals surface area contributed by atoms with E-state index in [1.54, 1.807) is 4.90 Å². The predicted molar refractivity (Wildman–Crippen MR) is 73.7 cm³/mol. The van der Waals surface area contributed by atoms with Crippen molar-refractivity contribution in [3.8, 4) is 0 Å². The molecule has 0 saturated carbocycles. The summed E-state index contributed by atoms with van der Waals surface area (Å²) in [5, 5.41) is 0. The van der Waals surface area contributed by atoms with E-state index in [-0.39, 0.29) is 24.7 Å². The Morgan fingerprint density at radius 1 is 1.20 bits per heavy atom. The fourth-order valence-electron chi connectivity index (χ4n) is 1.88. The van der Waals surface area contributed by atoms with Crippen LogP contribution >= 0.6 is 11.6 Å². The van der Waals surface area contributed by atoms with Crippen LogP contribution in [0.2, 0.25) is 0 Å². The van der Waals surface area contributed by atoms with Gasteiger partial charge in [0.2, 0.25) is 0 Å². The Bertz CT molecular complexity index is 334. The fraction of sp³-hybridized carbons (Fsp3) is 0.846. The lowest BCUT2D eigenvalue weighted by atomic mass is 9.98. The summed E-state index contributed by atoms with van der Waals surface area (Å²) in [6.45, 7) is 7.02. The third kappa shape index (κ3) is 6.32. The molecule has 0 unspecified atom stereocenters. The molecule has 0 spiro atoms. The summed E-state index contributed by atoms with van der Waals surface area (Å²) in [7, 11) is 0. The zero-order valence-corrected chi connectivity index (χ0v) is 12.9. The molecule has 20 heavy (non-hydrogen) atoms. The van der Waals surface area contributed by atoms with Crippen molar-refractivity contribution in [3.63, 3.8) is 0 Å². The first-order chi connectivity index (χ1) is 9.31. The molecule has 1 fully saturated rings. The van der Waals surface area contributed by atoms with Crippen LogP contribution in [0.25, 0.3) is 0 Å². The van der Waals surface area contributed by atoms with Gasteiger partial charge in [0.05, 0.1) is 6.61 Å². The summed E-state index contributed by atoms with van der Waals surface area (Å²) in [5.74, 6) is 0.233. The molecule has 116 valence electrons. The minimum Gasteiger partial charge on any atom is -0.444 e. The van der Waals surface area contributed by atoms with Gasteiger partial charge in [0.1, 0.15) is 5.60 Å². The van der Waals surface area contributed by atoms with Gasteiger partial charge in [-0.1, -0.05) is 11.6 Å². The summed E-state index contributed by atoms with van der Waals surface area (Å²) in [6.07, 6.45) is 0.494. The number of hydrogen-bond donors (Lipinski definition) is 0. The van der Waals surface area contributed by atoms with E-state index in [4.69, 9.17) is 21.1 Å². The van der Waals surface area contributed by atoms with Crippen LogP contribution in [-0.4, -0.2) is 48.5 Å². The van der Waals surface area contributed by atoms with Crippen LogP contribution in [0.15, 0.2) is 0 Å². The first-order valence-corrected chi connectivity index (χ1v) is 7.18. The number of halogens is 1. The third-order valence-corrected chi connectivity index (χ3v) is 2.98. The second kappa shape index (κ2) is 7.57. The van der Waals surface area contributed by atoms with E-state index < -0.39 is 11.8 Å². The number of carbonyl (C=O) groups excluding carboxylic acids is 2. The van der Waals surface area contributed by atoms with Crippen molar-refractivity contribution >= 4 is 23.8 Å². The second-order valence-electron chi connectivity index (χ2n) is 5.73. The van der Waals surface area contributed by atoms with Gasteiger partial charge < -0.3 is 19.1 Å². The number of nitrogens with zero attached hydrogens (tertiary/aromatic N) is 1. The van der Waals surface area contributed by atoms with Gasteiger partial charge in [-0.15, -0.1) is 0 Å². The summed E-state index contributed by atoms with van der Waals surface area (Å²) in [4.78, 5) is 24.5. The van der Waals surface area contributed by atoms with E-state index in [2.05, 4.69) is 4.74 Å². The minimum absolute atomic E-state index is 0.212. The summed E-state index contributed by atoms with van der Waals surface area (Å²) in [6, 6.07) is -0.212. The maximum absolute atomic E-state index is 11.9. The van der Waals surface area contributed by atoms with Gasteiger partial charge in [-0.25, -0.2) is 9.59 Å². The molecular weight excluding hydrogens is 286 g/mol. The molecule has 7 heteroatoms. The quantitative estimate of drug-likeness (QED) is 0.592. The van der Waals surface area contributed by atoms with E-state index in [1.807, 2.05) is 20.8 Å². The lowest BCUT2D eigenvalue weighted by molar-refractivity contribution is 0.0109. The molecule has 0 bridgehead atoms. The van der Waals surface area contributed by atoms with Crippen LogP contribution in [0.1, 0.15) is 33.6 Å². The first kappa shape index (κ1) is 16.9. The van der Waals surface area contributed by atoms with E-state index in [0.29, 0.717) is 13.1 Å². The summed E-state index contributed by atoms with van der Waals surface area (Å²) < 4.78 is 14.7. The van der Waals surface area contributed by atoms with Crippen LogP contribution in [-0.2, 0) is 14.2 Å². The molecule has 1 amide bonds. The van der Waals surface area contributed by atoms with Crippen molar-refractivity contribution in [2.45, 2.75) is 39.2 Å². The molecule has 1 aliphatic rings. The normalized spacial score (nSPS) is 16.7. The Morgan fingerprint density at radius 3 is 2.30 bits per heavy atom. The van der Waals surface area contributed by atoms with Crippen LogP contribution in [0, 0.1) is 5.92 Å². The molecule has 0 radical (unpaired) electrons. The molecule has 1 aliphatic heterocycles. The van der Waals surface area contributed by atoms with E-state index in [0.717, 1.165) is 12.8 Å². The van der Waals surface area contributed by atoms with Crippen LogP contribution < -0.4 is 0 Å². The van der Waals surface area contributed by atoms with Crippen molar-refractivity contribution < 1.29 is 23.8 Å². The SMILES string of the molecule is CC(C)(C)OC(=O)N1CCC(COC(=O)OCCl)CC1. The minimum atomic E-state index is -0.755. The van der Waals surface area contributed by atoms with Gasteiger partial charge in [-0.05, 0) is 39.5 Å². The Hall–Kier alpha value is -1.17. The Balaban J connectivity index is 2.26. The van der Waals surface area contributed by atoms with Gasteiger partial charge in [0.15, 0.2) is 6.07 Å². The van der Waals surface area contributed by atoms with Gasteiger partial charge in [0.25, 0.3) is 0 Å². The zero-order chi connectivity index (χ0) is 15.2. The zero-order valence-electron chi connectivity index (χ0n) is 12.2. The Morgan fingerprint density at radius 2 is 1.80 bits per heavy atom. The number of ether oxygens (including phenoxy) is 3.